The van der Waals surface area contributed by atoms with Crippen molar-refractivity contribution < 1.29 is 23.5 Å². The first-order valence-electron chi connectivity index (χ1n) is 5.52. The van der Waals surface area contributed by atoms with E-state index in [1.54, 1.807) is 0 Å². The van der Waals surface area contributed by atoms with Crippen LogP contribution >= 0.6 is 11.3 Å². The molecule has 1 aromatic carbocycles. The zero-order valence-corrected chi connectivity index (χ0v) is 10.8. The Kier molecular flexibility index (Phi) is 4.09. The van der Waals surface area contributed by atoms with Crippen molar-refractivity contribution in [3.63, 3.8) is 0 Å². The number of nitrogens with one attached hydrogen (secondary N) is 1. The Morgan fingerprint density at radius 1 is 1.25 bits per heavy atom. The van der Waals surface area contributed by atoms with Crippen LogP contribution in [0.4, 0.5) is 14.5 Å². The van der Waals surface area contributed by atoms with E-state index < -0.39 is 23.5 Å². The van der Waals surface area contributed by atoms with Crippen LogP contribution in [0.25, 0.3) is 0 Å². The molecule has 20 heavy (non-hydrogen) atoms. The van der Waals surface area contributed by atoms with Crippen LogP contribution in [0.15, 0.2) is 29.6 Å². The van der Waals surface area contributed by atoms with Gasteiger partial charge in [-0.05, 0) is 23.1 Å². The molecule has 2 aromatic rings. The van der Waals surface area contributed by atoms with Gasteiger partial charge in [0, 0.05) is 6.07 Å². The molecule has 4 nitrogen and oxygen atoms in total. The summed E-state index contributed by atoms with van der Waals surface area (Å²) in [7, 11) is 0. The maximum atomic E-state index is 13.4. The van der Waals surface area contributed by atoms with Crippen molar-refractivity contribution in [2.75, 3.05) is 5.32 Å². The average molecular weight is 297 g/mol. The van der Waals surface area contributed by atoms with Gasteiger partial charge in [-0.3, -0.25) is 4.79 Å². The van der Waals surface area contributed by atoms with Crippen molar-refractivity contribution in [1.82, 2.24) is 0 Å². The number of hydrogen-bond donors (Lipinski definition) is 2. The predicted octanol–water partition coefficient (Wildman–Crippen LogP) is 2.91. The molecule has 1 aromatic heterocycles. The lowest BCUT2D eigenvalue weighted by atomic mass is 10.1. The summed E-state index contributed by atoms with van der Waals surface area (Å²) in [5, 5.41) is 12.8. The number of anilines is 1. The summed E-state index contributed by atoms with van der Waals surface area (Å²) in [6.07, 6.45) is -0.305. The molecular formula is C13H9F2NO3S. The van der Waals surface area contributed by atoms with Crippen molar-refractivity contribution >= 4 is 28.9 Å². The molecule has 2 rings (SSSR count). The van der Waals surface area contributed by atoms with Crippen LogP contribution in [0, 0.1) is 11.6 Å². The molecule has 0 bridgehead atoms. The van der Waals surface area contributed by atoms with Crippen molar-refractivity contribution in [2.45, 2.75) is 6.42 Å². The second-order valence-electron chi connectivity index (χ2n) is 3.93. The van der Waals surface area contributed by atoms with Crippen LogP contribution < -0.4 is 5.32 Å². The molecule has 0 aliphatic carbocycles. The van der Waals surface area contributed by atoms with Crippen LogP contribution in [0.1, 0.15) is 15.2 Å². The minimum absolute atomic E-state index is 0.00192. The molecular weight excluding hydrogens is 288 g/mol. The molecule has 104 valence electrons. The SMILES string of the molecule is O=C(Cc1ccc(F)cc1F)Nc1ccsc1C(=O)O. The highest BCUT2D eigenvalue weighted by atomic mass is 32.1. The summed E-state index contributed by atoms with van der Waals surface area (Å²) < 4.78 is 26.1. The molecule has 0 unspecified atom stereocenters. The van der Waals surface area contributed by atoms with Crippen LogP contribution in [-0.4, -0.2) is 17.0 Å². The third kappa shape index (κ3) is 3.18. The molecule has 0 aliphatic heterocycles. The number of carbonyl (C=O) groups excluding carboxylic acids is 1. The van der Waals surface area contributed by atoms with E-state index in [1.165, 1.54) is 17.5 Å². The molecule has 0 atom stereocenters. The van der Waals surface area contributed by atoms with E-state index in [0.29, 0.717) is 6.07 Å². The fraction of sp³-hybridized carbons (Fsp3) is 0.0769. The Labute approximate surface area is 116 Å². The van der Waals surface area contributed by atoms with Crippen molar-refractivity contribution in [2.24, 2.45) is 0 Å². The van der Waals surface area contributed by atoms with E-state index in [1.807, 2.05) is 0 Å². The largest absolute Gasteiger partial charge is 0.477 e. The van der Waals surface area contributed by atoms with Crippen molar-refractivity contribution in [1.29, 1.82) is 0 Å². The lowest BCUT2D eigenvalue weighted by molar-refractivity contribution is -0.115. The van der Waals surface area contributed by atoms with Gasteiger partial charge in [-0.25, -0.2) is 13.6 Å². The lowest BCUT2D eigenvalue weighted by Gasteiger charge is -2.05. The van der Waals surface area contributed by atoms with Crippen molar-refractivity contribution in [3.05, 3.63) is 51.7 Å². The standard InChI is InChI=1S/C13H9F2NO3S/c14-8-2-1-7(9(15)6-8)5-11(17)16-10-3-4-20-12(10)13(18)19/h1-4,6H,5H2,(H,16,17)(H,18,19). The maximum absolute atomic E-state index is 13.4. The van der Waals surface area contributed by atoms with Crippen molar-refractivity contribution in [3.8, 4) is 0 Å². The number of carboxylic acids is 1. The number of carboxylic acid groups (broad SMARTS) is 1. The fourth-order valence-corrected chi connectivity index (χ4v) is 2.29. The highest BCUT2D eigenvalue weighted by molar-refractivity contribution is 7.12. The molecule has 0 spiro atoms. The van der Waals surface area contributed by atoms with Gasteiger partial charge >= 0.3 is 5.97 Å². The number of halogens is 2. The number of thiophene rings is 1. The van der Waals surface area contributed by atoms with E-state index in [4.69, 9.17) is 5.11 Å². The molecule has 1 heterocycles. The number of amides is 1. The van der Waals surface area contributed by atoms with E-state index in [0.717, 1.165) is 17.4 Å². The molecule has 0 saturated heterocycles. The Hall–Kier alpha value is -2.28. The normalized spacial score (nSPS) is 10.3. The second-order valence-corrected chi connectivity index (χ2v) is 4.85. The molecule has 0 aliphatic rings. The maximum Gasteiger partial charge on any atom is 0.348 e. The van der Waals surface area contributed by atoms with Gasteiger partial charge in [-0.2, -0.15) is 0 Å². The number of carbonyl (C=O) groups is 2. The molecule has 0 fully saturated rings. The van der Waals surface area contributed by atoms with Crippen LogP contribution in [-0.2, 0) is 11.2 Å². The number of rotatable bonds is 4. The topological polar surface area (TPSA) is 66.4 Å². The Balaban J connectivity index is 2.09. The Bertz CT molecular complexity index is 669. The van der Waals surface area contributed by atoms with Gasteiger partial charge in [-0.15, -0.1) is 11.3 Å². The van der Waals surface area contributed by atoms with Gasteiger partial charge in [0.25, 0.3) is 0 Å². The predicted molar refractivity (Wildman–Crippen MR) is 70.0 cm³/mol. The Morgan fingerprint density at radius 2 is 2.00 bits per heavy atom. The summed E-state index contributed by atoms with van der Waals surface area (Å²) in [6, 6.07) is 4.37. The minimum Gasteiger partial charge on any atom is -0.477 e. The van der Waals surface area contributed by atoms with Gasteiger partial charge in [0.15, 0.2) is 0 Å². The van der Waals surface area contributed by atoms with E-state index in [9.17, 15) is 18.4 Å². The zero-order chi connectivity index (χ0) is 14.7. The zero-order valence-electron chi connectivity index (χ0n) is 10.0. The number of aromatic carboxylic acids is 1. The first-order valence-corrected chi connectivity index (χ1v) is 6.40. The van der Waals surface area contributed by atoms with Gasteiger partial charge in [0.05, 0.1) is 12.1 Å². The average Bonchev–Trinajstić information content (AvgIpc) is 2.81. The number of hydrogen-bond acceptors (Lipinski definition) is 3. The third-order valence-electron chi connectivity index (χ3n) is 2.50. The monoisotopic (exact) mass is 297 g/mol. The van der Waals surface area contributed by atoms with Crippen LogP contribution in [0.2, 0.25) is 0 Å². The third-order valence-corrected chi connectivity index (χ3v) is 3.40. The molecule has 1 amide bonds. The summed E-state index contributed by atoms with van der Waals surface area (Å²) in [5.74, 6) is -3.26. The van der Waals surface area contributed by atoms with Gasteiger partial charge in [0.1, 0.15) is 16.5 Å². The van der Waals surface area contributed by atoms with Crippen LogP contribution in [0.3, 0.4) is 0 Å². The molecule has 0 radical (unpaired) electrons. The smallest absolute Gasteiger partial charge is 0.348 e. The Morgan fingerprint density at radius 3 is 2.65 bits per heavy atom. The minimum atomic E-state index is -1.15. The highest BCUT2D eigenvalue weighted by Crippen LogP contribution is 2.22. The van der Waals surface area contributed by atoms with Gasteiger partial charge in [0.2, 0.25) is 5.91 Å². The highest BCUT2D eigenvalue weighted by Gasteiger charge is 2.15. The first-order chi connectivity index (χ1) is 9.47. The summed E-state index contributed by atoms with van der Waals surface area (Å²) >= 11 is 0.973. The summed E-state index contributed by atoms with van der Waals surface area (Å²) in [5.41, 5.74) is 0.200. The summed E-state index contributed by atoms with van der Waals surface area (Å²) in [6.45, 7) is 0. The van der Waals surface area contributed by atoms with E-state index >= 15 is 0 Å². The quantitative estimate of drug-likeness (QED) is 0.912. The molecule has 7 heteroatoms. The lowest BCUT2D eigenvalue weighted by Crippen LogP contribution is -2.16. The van der Waals surface area contributed by atoms with Gasteiger partial charge < -0.3 is 10.4 Å². The fourth-order valence-electron chi connectivity index (χ4n) is 1.61. The van der Waals surface area contributed by atoms with E-state index in [2.05, 4.69) is 5.32 Å². The van der Waals surface area contributed by atoms with Gasteiger partial charge in [-0.1, -0.05) is 6.07 Å². The summed E-state index contributed by atoms with van der Waals surface area (Å²) in [4.78, 5) is 22.6. The van der Waals surface area contributed by atoms with E-state index in [-0.39, 0.29) is 22.5 Å². The first kappa shape index (κ1) is 14.1. The molecule has 0 saturated carbocycles. The number of benzene rings is 1. The van der Waals surface area contributed by atoms with Crippen LogP contribution in [0.5, 0.6) is 0 Å². The molecule has 2 N–H and O–H groups in total. The second kappa shape index (κ2) is 5.79.